The molecule has 0 heterocycles. The maximum Gasteiger partial charge on any atom is 0.229 e. The molecule has 0 rings (SSSR count). The van der Waals surface area contributed by atoms with Crippen molar-refractivity contribution in [1.29, 1.82) is 0 Å². The van der Waals surface area contributed by atoms with Crippen molar-refractivity contribution in [3.63, 3.8) is 0 Å². The maximum atomic E-state index is 11.2. The van der Waals surface area contributed by atoms with Crippen LogP contribution in [0.15, 0.2) is 0 Å². The molecular formula is C10H21NO3S. The Bertz CT molecular complexity index is 165. The number of ether oxygens (including phenoxy) is 1. The highest BCUT2D eigenvalue weighted by Crippen LogP contribution is 1.97. The van der Waals surface area contributed by atoms with E-state index in [0.29, 0.717) is 24.7 Å². The SMILES string of the molecule is CC(C)OCCCNC(=O)CSCCO. The van der Waals surface area contributed by atoms with Crippen LogP contribution in [-0.4, -0.2) is 48.4 Å². The Morgan fingerprint density at radius 3 is 2.87 bits per heavy atom. The molecule has 0 saturated heterocycles. The Kier molecular flexibility index (Phi) is 10.1. The molecule has 0 aromatic rings. The van der Waals surface area contributed by atoms with Gasteiger partial charge in [-0.2, -0.15) is 0 Å². The van der Waals surface area contributed by atoms with Gasteiger partial charge in [0.2, 0.25) is 5.91 Å². The van der Waals surface area contributed by atoms with Gasteiger partial charge in [-0.3, -0.25) is 4.79 Å². The van der Waals surface area contributed by atoms with Crippen LogP contribution in [-0.2, 0) is 9.53 Å². The van der Waals surface area contributed by atoms with Crippen LogP contribution in [0.1, 0.15) is 20.3 Å². The fraction of sp³-hybridized carbons (Fsp3) is 0.900. The van der Waals surface area contributed by atoms with E-state index in [2.05, 4.69) is 5.32 Å². The molecule has 0 saturated carbocycles. The summed E-state index contributed by atoms with van der Waals surface area (Å²) in [5.41, 5.74) is 0. The maximum absolute atomic E-state index is 11.2. The summed E-state index contributed by atoms with van der Waals surface area (Å²) in [6.07, 6.45) is 1.09. The predicted molar refractivity (Wildman–Crippen MR) is 63.1 cm³/mol. The minimum Gasteiger partial charge on any atom is -0.396 e. The number of nitrogens with one attached hydrogen (secondary N) is 1. The summed E-state index contributed by atoms with van der Waals surface area (Å²) < 4.78 is 5.33. The van der Waals surface area contributed by atoms with E-state index in [4.69, 9.17) is 9.84 Å². The smallest absolute Gasteiger partial charge is 0.229 e. The number of carbonyl (C=O) groups excluding carboxylic acids is 1. The number of aliphatic hydroxyl groups excluding tert-OH is 1. The quantitative estimate of drug-likeness (QED) is 0.576. The average molecular weight is 235 g/mol. The number of thioether (sulfide) groups is 1. The molecule has 5 heteroatoms. The molecule has 0 spiro atoms. The van der Waals surface area contributed by atoms with E-state index in [1.54, 1.807) is 0 Å². The second kappa shape index (κ2) is 10.3. The molecule has 0 aliphatic rings. The van der Waals surface area contributed by atoms with Gasteiger partial charge in [0.1, 0.15) is 0 Å². The Hall–Kier alpha value is -0.260. The zero-order chi connectivity index (χ0) is 11.5. The summed E-state index contributed by atoms with van der Waals surface area (Å²) in [5.74, 6) is 1.06. The van der Waals surface area contributed by atoms with Gasteiger partial charge in [0.15, 0.2) is 0 Å². The van der Waals surface area contributed by atoms with Crippen LogP contribution >= 0.6 is 11.8 Å². The minimum absolute atomic E-state index is 0.0259. The van der Waals surface area contributed by atoms with Gasteiger partial charge in [-0.15, -0.1) is 11.8 Å². The zero-order valence-corrected chi connectivity index (χ0v) is 10.3. The van der Waals surface area contributed by atoms with Gasteiger partial charge >= 0.3 is 0 Å². The van der Waals surface area contributed by atoms with Crippen LogP contribution in [0.25, 0.3) is 0 Å². The third-order valence-corrected chi connectivity index (χ3v) is 2.50. The van der Waals surface area contributed by atoms with Crippen LogP contribution in [0.3, 0.4) is 0 Å². The Balaban J connectivity index is 3.17. The van der Waals surface area contributed by atoms with E-state index in [1.165, 1.54) is 11.8 Å². The molecule has 15 heavy (non-hydrogen) atoms. The first-order chi connectivity index (χ1) is 7.16. The lowest BCUT2D eigenvalue weighted by atomic mass is 10.4. The molecule has 0 aliphatic heterocycles. The number of rotatable bonds is 9. The van der Waals surface area contributed by atoms with E-state index in [1.807, 2.05) is 13.8 Å². The number of aliphatic hydroxyl groups is 1. The molecule has 0 fully saturated rings. The summed E-state index contributed by atoms with van der Waals surface area (Å²) in [7, 11) is 0. The fourth-order valence-electron chi connectivity index (χ4n) is 0.899. The van der Waals surface area contributed by atoms with Crippen LogP contribution in [0, 0.1) is 0 Å². The molecule has 0 radical (unpaired) electrons. The lowest BCUT2D eigenvalue weighted by Crippen LogP contribution is -2.27. The van der Waals surface area contributed by atoms with Crippen molar-refractivity contribution in [1.82, 2.24) is 5.32 Å². The van der Waals surface area contributed by atoms with Crippen molar-refractivity contribution >= 4 is 17.7 Å². The lowest BCUT2D eigenvalue weighted by Gasteiger charge is -2.08. The van der Waals surface area contributed by atoms with Crippen molar-refractivity contribution in [2.24, 2.45) is 0 Å². The average Bonchev–Trinajstić information content (AvgIpc) is 2.17. The summed E-state index contributed by atoms with van der Waals surface area (Å²) in [6, 6.07) is 0. The van der Waals surface area contributed by atoms with Crippen LogP contribution in [0.5, 0.6) is 0 Å². The zero-order valence-electron chi connectivity index (χ0n) is 9.49. The van der Waals surface area contributed by atoms with E-state index in [0.717, 1.165) is 6.42 Å². The van der Waals surface area contributed by atoms with Crippen molar-refractivity contribution in [3.05, 3.63) is 0 Å². The lowest BCUT2D eigenvalue weighted by molar-refractivity contribution is -0.118. The highest BCUT2D eigenvalue weighted by atomic mass is 32.2. The van der Waals surface area contributed by atoms with Crippen LogP contribution in [0.2, 0.25) is 0 Å². The molecule has 90 valence electrons. The Morgan fingerprint density at radius 1 is 1.53 bits per heavy atom. The standard InChI is InChI=1S/C10H21NO3S/c1-9(2)14-6-3-4-11-10(13)8-15-7-5-12/h9,12H,3-8H2,1-2H3,(H,11,13). The van der Waals surface area contributed by atoms with Gasteiger partial charge in [0.25, 0.3) is 0 Å². The molecule has 2 N–H and O–H groups in total. The molecule has 4 nitrogen and oxygen atoms in total. The van der Waals surface area contributed by atoms with Crippen molar-refractivity contribution in [2.45, 2.75) is 26.4 Å². The first-order valence-electron chi connectivity index (χ1n) is 5.23. The van der Waals surface area contributed by atoms with Gasteiger partial charge in [0.05, 0.1) is 18.5 Å². The van der Waals surface area contributed by atoms with Crippen molar-refractivity contribution in [2.75, 3.05) is 31.3 Å². The predicted octanol–water partition coefficient (Wildman–Crippen LogP) is 0.643. The van der Waals surface area contributed by atoms with Crippen LogP contribution < -0.4 is 5.32 Å². The molecule has 1 amide bonds. The largest absolute Gasteiger partial charge is 0.396 e. The summed E-state index contributed by atoms with van der Waals surface area (Å²) >= 11 is 1.44. The molecule has 0 unspecified atom stereocenters. The second-order valence-electron chi connectivity index (χ2n) is 3.40. The van der Waals surface area contributed by atoms with Gasteiger partial charge in [-0.25, -0.2) is 0 Å². The highest BCUT2D eigenvalue weighted by molar-refractivity contribution is 7.99. The van der Waals surface area contributed by atoms with E-state index < -0.39 is 0 Å². The van der Waals surface area contributed by atoms with Gasteiger partial charge in [0, 0.05) is 18.9 Å². The fourth-order valence-corrected chi connectivity index (χ4v) is 1.46. The number of amides is 1. The second-order valence-corrected chi connectivity index (χ2v) is 4.50. The van der Waals surface area contributed by atoms with E-state index in [9.17, 15) is 4.79 Å². The van der Waals surface area contributed by atoms with E-state index in [-0.39, 0.29) is 18.6 Å². The monoisotopic (exact) mass is 235 g/mol. The molecule has 0 aromatic carbocycles. The first-order valence-corrected chi connectivity index (χ1v) is 6.39. The number of hydrogen-bond donors (Lipinski definition) is 2. The van der Waals surface area contributed by atoms with Crippen LogP contribution in [0.4, 0.5) is 0 Å². The Morgan fingerprint density at radius 2 is 2.27 bits per heavy atom. The molecule has 0 bridgehead atoms. The molecule has 0 atom stereocenters. The van der Waals surface area contributed by atoms with Gasteiger partial charge in [-0.05, 0) is 20.3 Å². The Labute approximate surface area is 95.8 Å². The third kappa shape index (κ3) is 11.7. The number of hydrogen-bond acceptors (Lipinski definition) is 4. The highest BCUT2D eigenvalue weighted by Gasteiger charge is 2.00. The molecule has 0 aliphatic carbocycles. The first kappa shape index (κ1) is 14.7. The van der Waals surface area contributed by atoms with Crippen molar-refractivity contribution in [3.8, 4) is 0 Å². The third-order valence-electron chi connectivity index (χ3n) is 1.56. The number of carbonyl (C=O) groups is 1. The summed E-state index contributed by atoms with van der Waals surface area (Å²) in [4.78, 5) is 11.2. The van der Waals surface area contributed by atoms with E-state index >= 15 is 0 Å². The van der Waals surface area contributed by atoms with Gasteiger partial charge < -0.3 is 15.2 Å². The normalized spacial score (nSPS) is 10.7. The molecular weight excluding hydrogens is 214 g/mol. The van der Waals surface area contributed by atoms with Crippen molar-refractivity contribution < 1.29 is 14.6 Å². The summed E-state index contributed by atoms with van der Waals surface area (Å²) in [5, 5.41) is 11.3. The van der Waals surface area contributed by atoms with Gasteiger partial charge in [-0.1, -0.05) is 0 Å². The summed E-state index contributed by atoms with van der Waals surface area (Å²) in [6.45, 7) is 5.45. The minimum atomic E-state index is 0.0259. The molecule has 0 aromatic heterocycles. The topological polar surface area (TPSA) is 58.6 Å².